The molecule has 1 aromatic heterocycles. The van der Waals surface area contributed by atoms with Crippen LogP contribution in [0.1, 0.15) is 33.1 Å². The maximum absolute atomic E-state index is 4.99. The molecule has 0 saturated heterocycles. The Morgan fingerprint density at radius 3 is 2.93 bits per heavy atom. The second kappa shape index (κ2) is 3.62. The van der Waals surface area contributed by atoms with Crippen LogP contribution in [0.5, 0.6) is 0 Å². The molecular weight excluding hydrogens is 214 g/mol. The first kappa shape index (κ1) is 10.1. The summed E-state index contributed by atoms with van der Waals surface area (Å²) in [7, 11) is 0. The molecule has 0 radical (unpaired) electrons. The summed E-state index contributed by atoms with van der Waals surface area (Å²) in [6, 6.07) is 0.538. The highest BCUT2D eigenvalue weighted by Crippen LogP contribution is 2.39. The predicted molar refractivity (Wildman–Crippen MR) is 62.3 cm³/mol. The Hall–Kier alpha value is -0.420. The lowest BCUT2D eigenvalue weighted by molar-refractivity contribution is 0.350. The highest BCUT2D eigenvalue weighted by molar-refractivity contribution is 7.73. The van der Waals surface area contributed by atoms with E-state index in [9.17, 15) is 0 Å². The summed E-state index contributed by atoms with van der Waals surface area (Å²) >= 11 is 6.50. The summed E-state index contributed by atoms with van der Waals surface area (Å²) in [5.74, 6) is 0. The van der Waals surface area contributed by atoms with Crippen molar-refractivity contribution in [3.63, 3.8) is 0 Å². The van der Waals surface area contributed by atoms with Gasteiger partial charge in [-0.1, -0.05) is 31.6 Å². The molecule has 1 aromatic rings. The van der Waals surface area contributed by atoms with Crippen LogP contribution in [0.15, 0.2) is 0 Å². The van der Waals surface area contributed by atoms with Gasteiger partial charge in [0.2, 0.25) is 5.13 Å². The molecule has 1 atom stereocenters. The number of H-pyrrole nitrogens is 1. The highest BCUT2D eigenvalue weighted by atomic mass is 32.1. The van der Waals surface area contributed by atoms with Crippen LogP contribution >= 0.6 is 23.6 Å². The number of nitrogens with one attached hydrogen (secondary N) is 2. The minimum atomic E-state index is 0.382. The third-order valence-corrected chi connectivity index (χ3v) is 4.01. The second-order valence-electron chi connectivity index (χ2n) is 4.50. The predicted octanol–water partition coefficient (Wildman–Crippen LogP) is 3.19. The fourth-order valence-electron chi connectivity index (χ4n) is 2.03. The zero-order valence-electron chi connectivity index (χ0n) is 8.46. The van der Waals surface area contributed by atoms with Crippen LogP contribution in [-0.4, -0.2) is 16.2 Å². The normalized spacial score (nSPS) is 25.1. The molecule has 0 aromatic carbocycles. The SMILES string of the molecule is CC1(C)CCCC1Nc1n[nH]c(=S)s1. The maximum atomic E-state index is 4.99. The summed E-state index contributed by atoms with van der Waals surface area (Å²) in [5, 5.41) is 11.3. The summed E-state index contributed by atoms with van der Waals surface area (Å²) in [4.78, 5) is 0. The van der Waals surface area contributed by atoms with E-state index in [4.69, 9.17) is 12.2 Å². The van der Waals surface area contributed by atoms with E-state index in [0.29, 0.717) is 11.5 Å². The van der Waals surface area contributed by atoms with Crippen LogP contribution in [-0.2, 0) is 0 Å². The minimum absolute atomic E-state index is 0.382. The van der Waals surface area contributed by atoms with Crippen molar-refractivity contribution in [3.8, 4) is 0 Å². The van der Waals surface area contributed by atoms with Crippen molar-refractivity contribution in [1.29, 1.82) is 0 Å². The molecule has 0 spiro atoms. The van der Waals surface area contributed by atoms with Crippen molar-refractivity contribution in [1.82, 2.24) is 10.2 Å². The molecule has 0 bridgehead atoms. The topological polar surface area (TPSA) is 40.7 Å². The summed E-state index contributed by atoms with van der Waals surface area (Å²) < 4.78 is 0.739. The summed E-state index contributed by atoms with van der Waals surface area (Å²) in [6.45, 7) is 4.62. The zero-order chi connectivity index (χ0) is 10.2. The van der Waals surface area contributed by atoms with Gasteiger partial charge in [-0.3, -0.25) is 5.10 Å². The van der Waals surface area contributed by atoms with Gasteiger partial charge in [-0.2, -0.15) is 0 Å². The van der Waals surface area contributed by atoms with Gasteiger partial charge < -0.3 is 5.32 Å². The molecule has 1 aliphatic carbocycles. The molecule has 3 nitrogen and oxygen atoms in total. The van der Waals surface area contributed by atoms with Gasteiger partial charge in [0, 0.05) is 6.04 Å². The van der Waals surface area contributed by atoms with E-state index in [1.807, 2.05) is 0 Å². The minimum Gasteiger partial charge on any atom is -0.357 e. The number of rotatable bonds is 2. The number of hydrogen-bond donors (Lipinski definition) is 2. The number of anilines is 1. The first-order valence-electron chi connectivity index (χ1n) is 4.90. The lowest BCUT2D eigenvalue weighted by Gasteiger charge is -2.27. The Morgan fingerprint density at radius 2 is 2.43 bits per heavy atom. The van der Waals surface area contributed by atoms with Gasteiger partial charge in [-0.05, 0) is 30.5 Å². The van der Waals surface area contributed by atoms with Crippen molar-refractivity contribution in [2.75, 3.05) is 5.32 Å². The van der Waals surface area contributed by atoms with Crippen LogP contribution in [0.2, 0.25) is 0 Å². The van der Waals surface area contributed by atoms with Crippen LogP contribution in [0.4, 0.5) is 5.13 Å². The molecule has 5 heteroatoms. The molecule has 14 heavy (non-hydrogen) atoms. The molecule has 1 unspecified atom stereocenters. The molecule has 1 heterocycles. The second-order valence-corrected chi connectivity index (χ2v) is 6.16. The molecule has 0 amide bonds. The van der Waals surface area contributed by atoms with E-state index in [1.165, 1.54) is 30.6 Å². The largest absolute Gasteiger partial charge is 0.357 e. The zero-order valence-corrected chi connectivity index (χ0v) is 10.1. The standard InChI is InChI=1S/C9H15N3S2/c1-9(2)5-3-4-6(9)10-7-11-12-8(13)14-7/h6H,3-5H2,1-2H3,(H,10,11)(H,12,13). The molecular formula is C9H15N3S2. The third-order valence-electron chi connectivity index (χ3n) is 2.99. The fourth-order valence-corrected chi connectivity index (χ4v) is 2.88. The fraction of sp³-hybridized carbons (Fsp3) is 0.778. The van der Waals surface area contributed by atoms with E-state index >= 15 is 0 Å². The average Bonchev–Trinajstić information content (AvgIpc) is 2.61. The van der Waals surface area contributed by atoms with Crippen LogP contribution < -0.4 is 5.32 Å². The Kier molecular flexibility index (Phi) is 2.62. The number of nitrogens with zero attached hydrogens (tertiary/aromatic N) is 1. The van der Waals surface area contributed by atoms with Crippen molar-refractivity contribution in [3.05, 3.63) is 3.95 Å². The monoisotopic (exact) mass is 229 g/mol. The lowest BCUT2D eigenvalue weighted by atomic mass is 9.87. The van der Waals surface area contributed by atoms with Crippen LogP contribution in [0.3, 0.4) is 0 Å². The van der Waals surface area contributed by atoms with Gasteiger partial charge in [-0.15, -0.1) is 5.10 Å². The Balaban J connectivity index is 2.08. The third kappa shape index (κ3) is 1.98. The number of hydrogen-bond acceptors (Lipinski definition) is 4. The molecule has 1 aliphatic rings. The van der Waals surface area contributed by atoms with Gasteiger partial charge in [0.15, 0.2) is 3.95 Å². The van der Waals surface area contributed by atoms with Gasteiger partial charge in [-0.25, -0.2) is 0 Å². The van der Waals surface area contributed by atoms with Crippen LogP contribution in [0.25, 0.3) is 0 Å². The quantitative estimate of drug-likeness (QED) is 0.765. The van der Waals surface area contributed by atoms with E-state index in [1.54, 1.807) is 0 Å². The summed E-state index contributed by atoms with van der Waals surface area (Å²) in [6.07, 6.45) is 3.83. The van der Waals surface area contributed by atoms with E-state index in [0.717, 1.165) is 9.09 Å². The van der Waals surface area contributed by atoms with Gasteiger partial charge in [0.05, 0.1) is 0 Å². The molecule has 78 valence electrons. The van der Waals surface area contributed by atoms with E-state index in [2.05, 4.69) is 29.4 Å². The van der Waals surface area contributed by atoms with E-state index in [-0.39, 0.29) is 0 Å². The number of aromatic nitrogens is 2. The molecule has 2 rings (SSSR count). The van der Waals surface area contributed by atoms with Crippen molar-refractivity contribution < 1.29 is 0 Å². The molecule has 0 aliphatic heterocycles. The van der Waals surface area contributed by atoms with Crippen molar-refractivity contribution in [2.24, 2.45) is 5.41 Å². The molecule has 1 fully saturated rings. The van der Waals surface area contributed by atoms with Crippen molar-refractivity contribution >= 4 is 28.7 Å². The Bertz CT molecular complexity index is 366. The Labute approximate surface area is 92.9 Å². The maximum Gasteiger partial charge on any atom is 0.204 e. The van der Waals surface area contributed by atoms with Gasteiger partial charge in [0.1, 0.15) is 0 Å². The first-order chi connectivity index (χ1) is 6.58. The highest BCUT2D eigenvalue weighted by Gasteiger charge is 2.34. The Morgan fingerprint density at radius 1 is 1.64 bits per heavy atom. The van der Waals surface area contributed by atoms with Gasteiger partial charge in [0.25, 0.3) is 0 Å². The molecule has 1 saturated carbocycles. The van der Waals surface area contributed by atoms with E-state index < -0.39 is 0 Å². The smallest absolute Gasteiger partial charge is 0.204 e. The van der Waals surface area contributed by atoms with Gasteiger partial charge >= 0.3 is 0 Å². The lowest BCUT2D eigenvalue weighted by Crippen LogP contribution is -2.30. The van der Waals surface area contributed by atoms with Crippen LogP contribution in [0, 0.1) is 9.37 Å². The van der Waals surface area contributed by atoms with Crippen molar-refractivity contribution in [2.45, 2.75) is 39.2 Å². The molecule has 2 N–H and O–H groups in total. The average molecular weight is 229 g/mol. The number of aromatic amines is 1. The summed E-state index contributed by atoms with van der Waals surface area (Å²) in [5.41, 5.74) is 0.382. The first-order valence-corrected chi connectivity index (χ1v) is 6.12.